The van der Waals surface area contributed by atoms with Gasteiger partial charge in [0.2, 0.25) is 10.0 Å². The summed E-state index contributed by atoms with van der Waals surface area (Å²) in [5.41, 5.74) is 1.67. The second kappa shape index (κ2) is 7.42. The van der Waals surface area contributed by atoms with Crippen molar-refractivity contribution < 1.29 is 18.3 Å². The van der Waals surface area contributed by atoms with Crippen molar-refractivity contribution in [3.05, 3.63) is 29.3 Å². The molecule has 1 heterocycles. The number of rotatable bonds is 6. The Bertz CT molecular complexity index is 673. The lowest BCUT2D eigenvalue weighted by Crippen LogP contribution is -2.43. The number of aliphatic carboxylic acids is 1. The summed E-state index contributed by atoms with van der Waals surface area (Å²) in [6, 6.07) is 5.46. The molecule has 1 unspecified atom stereocenters. The van der Waals surface area contributed by atoms with Crippen LogP contribution < -0.4 is 5.32 Å². The molecule has 2 N–H and O–H groups in total. The predicted molar refractivity (Wildman–Crippen MR) is 87.9 cm³/mol. The molecular formula is C16H24N2O4S. The van der Waals surface area contributed by atoms with E-state index in [0.29, 0.717) is 24.5 Å². The molecule has 0 aliphatic carbocycles. The van der Waals surface area contributed by atoms with Crippen LogP contribution in [0.3, 0.4) is 0 Å². The minimum atomic E-state index is -3.50. The fourth-order valence-electron chi connectivity index (χ4n) is 2.92. The monoisotopic (exact) mass is 340 g/mol. The smallest absolute Gasteiger partial charge is 0.317 e. The van der Waals surface area contributed by atoms with Crippen LogP contribution in [-0.4, -0.2) is 50.0 Å². The van der Waals surface area contributed by atoms with Gasteiger partial charge >= 0.3 is 5.97 Å². The third-order valence-electron chi connectivity index (χ3n) is 4.15. The van der Waals surface area contributed by atoms with Crippen LogP contribution in [-0.2, 0) is 14.8 Å². The molecule has 7 heteroatoms. The average molecular weight is 340 g/mol. The van der Waals surface area contributed by atoms with Crippen LogP contribution >= 0.6 is 0 Å². The van der Waals surface area contributed by atoms with Gasteiger partial charge in [0, 0.05) is 13.1 Å². The molecule has 0 spiro atoms. The van der Waals surface area contributed by atoms with Crippen LogP contribution in [0.4, 0.5) is 0 Å². The molecule has 1 aliphatic rings. The maximum Gasteiger partial charge on any atom is 0.317 e. The highest BCUT2D eigenvalue weighted by molar-refractivity contribution is 7.89. The van der Waals surface area contributed by atoms with Crippen molar-refractivity contribution in [2.24, 2.45) is 5.92 Å². The van der Waals surface area contributed by atoms with Gasteiger partial charge in [-0.2, -0.15) is 4.31 Å². The van der Waals surface area contributed by atoms with Crippen molar-refractivity contribution in [1.82, 2.24) is 9.62 Å². The van der Waals surface area contributed by atoms with E-state index in [0.717, 1.165) is 24.0 Å². The van der Waals surface area contributed by atoms with Crippen molar-refractivity contribution >= 4 is 16.0 Å². The first-order chi connectivity index (χ1) is 10.8. The van der Waals surface area contributed by atoms with E-state index in [1.807, 2.05) is 26.0 Å². The fourth-order valence-corrected chi connectivity index (χ4v) is 4.78. The lowest BCUT2D eigenvalue weighted by molar-refractivity contribution is -0.136. The first kappa shape index (κ1) is 17.9. The minimum absolute atomic E-state index is 0.0970. The van der Waals surface area contributed by atoms with E-state index in [1.165, 1.54) is 4.31 Å². The first-order valence-corrected chi connectivity index (χ1v) is 9.24. The summed E-state index contributed by atoms with van der Waals surface area (Å²) >= 11 is 0. The molecule has 0 saturated carbocycles. The number of aryl methyl sites for hydroxylation is 2. The molecule has 0 bridgehead atoms. The molecule has 2 rings (SSSR count). The maximum absolute atomic E-state index is 12.9. The molecule has 1 aromatic carbocycles. The number of nitrogens with one attached hydrogen (secondary N) is 1. The van der Waals surface area contributed by atoms with Crippen molar-refractivity contribution in [1.29, 1.82) is 0 Å². The summed E-state index contributed by atoms with van der Waals surface area (Å²) in [6.45, 7) is 5.06. The molecule has 128 valence electrons. The van der Waals surface area contributed by atoms with E-state index in [2.05, 4.69) is 5.32 Å². The van der Waals surface area contributed by atoms with Crippen LogP contribution in [0.25, 0.3) is 0 Å². The Balaban J connectivity index is 2.10. The molecule has 1 aromatic rings. The Morgan fingerprint density at radius 1 is 1.39 bits per heavy atom. The van der Waals surface area contributed by atoms with E-state index in [9.17, 15) is 13.2 Å². The topological polar surface area (TPSA) is 86.7 Å². The van der Waals surface area contributed by atoms with Gasteiger partial charge in [-0.25, -0.2) is 8.42 Å². The third-order valence-corrected chi connectivity index (χ3v) is 6.16. The Morgan fingerprint density at radius 3 is 2.83 bits per heavy atom. The molecule has 0 aromatic heterocycles. The average Bonchev–Trinajstić information content (AvgIpc) is 2.49. The minimum Gasteiger partial charge on any atom is -0.480 e. The Labute approximate surface area is 137 Å². The van der Waals surface area contributed by atoms with Gasteiger partial charge in [-0.05, 0) is 56.3 Å². The highest BCUT2D eigenvalue weighted by Crippen LogP contribution is 2.26. The van der Waals surface area contributed by atoms with Crippen LogP contribution in [0.2, 0.25) is 0 Å². The zero-order valence-corrected chi connectivity index (χ0v) is 14.4. The first-order valence-electron chi connectivity index (χ1n) is 7.80. The number of carboxylic acids is 1. The van der Waals surface area contributed by atoms with Gasteiger partial charge < -0.3 is 10.4 Å². The second-order valence-corrected chi connectivity index (χ2v) is 8.07. The lowest BCUT2D eigenvalue weighted by Gasteiger charge is -2.32. The van der Waals surface area contributed by atoms with Gasteiger partial charge in [-0.1, -0.05) is 12.1 Å². The number of carboxylic acid groups (broad SMARTS) is 1. The van der Waals surface area contributed by atoms with Crippen molar-refractivity contribution in [2.75, 3.05) is 26.2 Å². The number of sulfonamides is 1. The van der Waals surface area contributed by atoms with Gasteiger partial charge in [0.1, 0.15) is 0 Å². The summed E-state index contributed by atoms with van der Waals surface area (Å²) in [5, 5.41) is 11.5. The van der Waals surface area contributed by atoms with Gasteiger partial charge in [-0.3, -0.25) is 4.79 Å². The standard InChI is InChI=1S/C16H24N2O4S/c1-12-5-6-13(2)15(8-12)23(21,22)18-7-3-4-14(11-18)9-17-10-16(19)20/h5-6,8,14,17H,3-4,7,9-11H2,1-2H3,(H,19,20). The van der Waals surface area contributed by atoms with Gasteiger partial charge in [0.05, 0.1) is 11.4 Å². The summed E-state index contributed by atoms with van der Waals surface area (Å²) in [6.07, 6.45) is 1.70. The number of piperidine rings is 1. The molecule has 23 heavy (non-hydrogen) atoms. The highest BCUT2D eigenvalue weighted by Gasteiger charge is 2.31. The van der Waals surface area contributed by atoms with Crippen molar-refractivity contribution in [3.8, 4) is 0 Å². The number of carbonyl (C=O) groups is 1. The Hall–Kier alpha value is -1.44. The molecule has 1 atom stereocenters. The van der Waals surface area contributed by atoms with Gasteiger partial charge in [-0.15, -0.1) is 0 Å². The fraction of sp³-hybridized carbons (Fsp3) is 0.562. The summed E-state index contributed by atoms with van der Waals surface area (Å²) in [4.78, 5) is 10.9. The summed E-state index contributed by atoms with van der Waals surface area (Å²) in [5.74, 6) is -0.760. The van der Waals surface area contributed by atoms with Gasteiger partial charge in [0.25, 0.3) is 0 Å². The normalized spacial score (nSPS) is 19.7. The molecule has 6 nitrogen and oxygen atoms in total. The van der Waals surface area contributed by atoms with Crippen LogP contribution in [0.15, 0.2) is 23.1 Å². The number of nitrogens with zero attached hydrogens (tertiary/aromatic N) is 1. The molecular weight excluding hydrogens is 316 g/mol. The van der Waals surface area contributed by atoms with E-state index in [-0.39, 0.29) is 12.5 Å². The third kappa shape index (κ3) is 4.53. The largest absolute Gasteiger partial charge is 0.480 e. The van der Waals surface area contributed by atoms with E-state index >= 15 is 0 Å². The quantitative estimate of drug-likeness (QED) is 0.817. The van der Waals surface area contributed by atoms with Crippen LogP contribution in [0.5, 0.6) is 0 Å². The Kier molecular flexibility index (Phi) is 5.78. The molecule has 1 aliphatic heterocycles. The molecule has 0 radical (unpaired) electrons. The second-order valence-electron chi connectivity index (χ2n) is 6.16. The van der Waals surface area contributed by atoms with E-state index in [1.54, 1.807) is 6.07 Å². The van der Waals surface area contributed by atoms with Crippen LogP contribution in [0.1, 0.15) is 24.0 Å². The predicted octanol–water partition coefficient (Wildman–Crippen LogP) is 1.38. The summed E-state index contributed by atoms with van der Waals surface area (Å²) in [7, 11) is -3.50. The van der Waals surface area contributed by atoms with Crippen LogP contribution in [0, 0.1) is 19.8 Å². The number of hydrogen-bond acceptors (Lipinski definition) is 4. The van der Waals surface area contributed by atoms with Crippen molar-refractivity contribution in [3.63, 3.8) is 0 Å². The molecule has 1 fully saturated rings. The zero-order valence-electron chi connectivity index (χ0n) is 13.6. The SMILES string of the molecule is Cc1ccc(C)c(S(=O)(=O)N2CCCC(CNCC(=O)O)C2)c1. The Morgan fingerprint density at radius 2 is 2.13 bits per heavy atom. The van der Waals surface area contributed by atoms with Crippen molar-refractivity contribution in [2.45, 2.75) is 31.6 Å². The zero-order chi connectivity index (χ0) is 17.0. The lowest BCUT2D eigenvalue weighted by atomic mass is 10.00. The number of hydrogen-bond donors (Lipinski definition) is 2. The summed E-state index contributed by atoms with van der Waals surface area (Å²) < 4.78 is 27.3. The highest BCUT2D eigenvalue weighted by atomic mass is 32.2. The van der Waals surface area contributed by atoms with Gasteiger partial charge in [0.15, 0.2) is 0 Å². The molecule has 1 saturated heterocycles. The number of benzene rings is 1. The van der Waals surface area contributed by atoms with E-state index < -0.39 is 16.0 Å². The molecule has 0 amide bonds. The maximum atomic E-state index is 12.9. The van der Waals surface area contributed by atoms with E-state index in [4.69, 9.17) is 5.11 Å².